The SMILES string of the molecule is N#CCC1(COCc2ccc(N)cc2)CC1. The zero-order valence-electron chi connectivity index (χ0n) is 9.28. The first-order valence-corrected chi connectivity index (χ1v) is 5.53. The van der Waals surface area contributed by atoms with Crippen LogP contribution in [0.15, 0.2) is 24.3 Å². The van der Waals surface area contributed by atoms with Crippen molar-refractivity contribution in [1.29, 1.82) is 5.26 Å². The molecule has 0 spiro atoms. The number of nitrogens with two attached hydrogens (primary N) is 1. The van der Waals surface area contributed by atoms with E-state index in [4.69, 9.17) is 15.7 Å². The van der Waals surface area contributed by atoms with Gasteiger partial charge in [-0.2, -0.15) is 5.26 Å². The van der Waals surface area contributed by atoms with Crippen LogP contribution in [0.3, 0.4) is 0 Å². The molecule has 1 aromatic carbocycles. The summed E-state index contributed by atoms with van der Waals surface area (Å²) >= 11 is 0. The van der Waals surface area contributed by atoms with E-state index in [9.17, 15) is 0 Å². The Labute approximate surface area is 95.8 Å². The van der Waals surface area contributed by atoms with Gasteiger partial charge in [0, 0.05) is 17.5 Å². The van der Waals surface area contributed by atoms with Crippen molar-refractivity contribution in [2.75, 3.05) is 12.3 Å². The van der Waals surface area contributed by atoms with Gasteiger partial charge in [0.05, 0.1) is 19.3 Å². The molecule has 84 valence electrons. The van der Waals surface area contributed by atoms with Crippen molar-refractivity contribution in [2.45, 2.75) is 25.9 Å². The second-order valence-corrected chi connectivity index (χ2v) is 4.57. The van der Waals surface area contributed by atoms with Gasteiger partial charge in [-0.1, -0.05) is 12.1 Å². The van der Waals surface area contributed by atoms with Gasteiger partial charge in [-0.15, -0.1) is 0 Å². The Bertz CT molecular complexity index is 387. The van der Waals surface area contributed by atoms with Crippen LogP contribution >= 0.6 is 0 Å². The van der Waals surface area contributed by atoms with Crippen molar-refractivity contribution in [3.05, 3.63) is 29.8 Å². The van der Waals surface area contributed by atoms with E-state index in [0.717, 1.165) is 24.1 Å². The fourth-order valence-corrected chi connectivity index (χ4v) is 1.72. The van der Waals surface area contributed by atoms with Crippen molar-refractivity contribution in [2.24, 2.45) is 5.41 Å². The molecule has 0 amide bonds. The standard InChI is InChI=1S/C13H16N2O/c14-8-7-13(5-6-13)10-16-9-11-1-3-12(15)4-2-11/h1-4H,5-7,9-10,15H2. The molecule has 1 aliphatic rings. The molecular weight excluding hydrogens is 200 g/mol. The molecule has 1 aliphatic carbocycles. The fourth-order valence-electron chi connectivity index (χ4n) is 1.72. The van der Waals surface area contributed by atoms with Crippen LogP contribution in [0.4, 0.5) is 5.69 Å². The normalized spacial score (nSPS) is 16.7. The number of ether oxygens (including phenoxy) is 1. The minimum absolute atomic E-state index is 0.169. The van der Waals surface area contributed by atoms with E-state index in [1.165, 1.54) is 0 Å². The van der Waals surface area contributed by atoms with Gasteiger partial charge in [-0.3, -0.25) is 0 Å². The number of nitrogens with zero attached hydrogens (tertiary/aromatic N) is 1. The Morgan fingerprint density at radius 2 is 2.00 bits per heavy atom. The third kappa shape index (κ3) is 2.74. The van der Waals surface area contributed by atoms with Crippen LogP contribution in [0.1, 0.15) is 24.8 Å². The average Bonchev–Trinajstić information content (AvgIpc) is 3.02. The first kappa shape index (κ1) is 11.0. The topological polar surface area (TPSA) is 59.0 Å². The van der Waals surface area contributed by atoms with Crippen LogP contribution in [0, 0.1) is 16.7 Å². The molecule has 0 unspecified atom stereocenters. The zero-order chi connectivity index (χ0) is 11.4. The summed E-state index contributed by atoms with van der Waals surface area (Å²) in [6.07, 6.45) is 2.87. The van der Waals surface area contributed by atoms with Gasteiger partial charge in [-0.25, -0.2) is 0 Å². The molecule has 0 radical (unpaired) electrons. The van der Waals surface area contributed by atoms with Gasteiger partial charge in [0.2, 0.25) is 0 Å². The lowest BCUT2D eigenvalue weighted by Gasteiger charge is -2.11. The first-order valence-electron chi connectivity index (χ1n) is 5.53. The number of anilines is 1. The Hall–Kier alpha value is -1.53. The Balaban J connectivity index is 1.76. The van der Waals surface area contributed by atoms with Gasteiger partial charge < -0.3 is 10.5 Å². The summed E-state index contributed by atoms with van der Waals surface area (Å²) in [5.74, 6) is 0. The smallest absolute Gasteiger partial charge is 0.0717 e. The second-order valence-electron chi connectivity index (χ2n) is 4.57. The Morgan fingerprint density at radius 3 is 2.56 bits per heavy atom. The second kappa shape index (κ2) is 4.54. The molecule has 1 aromatic rings. The molecule has 16 heavy (non-hydrogen) atoms. The average molecular weight is 216 g/mol. The van der Waals surface area contributed by atoms with Crippen LogP contribution < -0.4 is 5.73 Å². The molecule has 0 aliphatic heterocycles. The summed E-state index contributed by atoms with van der Waals surface area (Å²) in [4.78, 5) is 0. The fraction of sp³-hybridized carbons (Fsp3) is 0.462. The molecule has 0 bridgehead atoms. The summed E-state index contributed by atoms with van der Waals surface area (Å²) in [5, 5.41) is 8.67. The zero-order valence-corrected chi connectivity index (χ0v) is 9.28. The maximum absolute atomic E-state index is 8.67. The van der Waals surface area contributed by atoms with Crippen molar-refractivity contribution < 1.29 is 4.74 Å². The molecule has 0 aromatic heterocycles. The van der Waals surface area contributed by atoms with Crippen LogP contribution in [-0.2, 0) is 11.3 Å². The number of nitrogen functional groups attached to an aromatic ring is 1. The van der Waals surface area contributed by atoms with Gasteiger partial charge in [-0.05, 0) is 30.5 Å². The minimum atomic E-state index is 0.169. The van der Waals surface area contributed by atoms with Crippen LogP contribution in [-0.4, -0.2) is 6.61 Å². The van der Waals surface area contributed by atoms with E-state index in [1.54, 1.807) is 0 Å². The quantitative estimate of drug-likeness (QED) is 0.769. The summed E-state index contributed by atoms with van der Waals surface area (Å²) < 4.78 is 5.65. The maximum Gasteiger partial charge on any atom is 0.0717 e. The van der Waals surface area contributed by atoms with E-state index in [1.807, 2.05) is 24.3 Å². The number of nitriles is 1. The lowest BCUT2D eigenvalue weighted by molar-refractivity contribution is 0.0795. The number of hydrogen-bond donors (Lipinski definition) is 1. The first-order chi connectivity index (χ1) is 7.74. The van der Waals surface area contributed by atoms with Crippen molar-refractivity contribution in [3.63, 3.8) is 0 Å². The van der Waals surface area contributed by atoms with Crippen LogP contribution in [0.25, 0.3) is 0 Å². The molecule has 3 nitrogen and oxygen atoms in total. The molecule has 0 saturated heterocycles. The van der Waals surface area contributed by atoms with E-state index >= 15 is 0 Å². The summed E-state index contributed by atoms with van der Waals surface area (Å²) in [6.45, 7) is 1.30. The van der Waals surface area contributed by atoms with Crippen LogP contribution in [0.5, 0.6) is 0 Å². The van der Waals surface area contributed by atoms with Gasteiger partial charge >= 0.3 is 0 Å². The molecule has 2 rings (SSSR count). The highest BCUT2D eigenvalue weighted by atomic mass is 16.5. The van der Waals surface area contributed by atoms with Gasteiger partial charge in [0.15, 0.2) is 0 Å². The minimum Gasteiger partial charge on any atom is -0.399 e. The number of benzene rings is 1. The van der Waals surface area contributed by atoms with Crippen molar-refractivity contribution in [3.8, 4) is 6.07 Å². The highest BCUT2D eigenvalue weighted by Gasteiger charge is 2.42. The highest BCUT2D eigenvalue weighted by molar-refractivity contribution is 5.39. The van der Waals surface area contributed by atoms with Crippen LogP contribution in [0.2, 0.25) is 0 Å². The highest BCUT2D eigenvalue weighted by Crippen LogP contribution is 2.48. The molecule has 0 atom stereocenters. The monoisotopic (exact) mass is 216 g/mol. The predicted molar refractivity (Wildman–Crippen MR) is 62.4 cm³/mol. The van der Waals surface area contributed by atoms with E-state index in [0.29, 0.717) is 19.6 Å². The Kier molecular flexibility index (Phi) is 3.12. The number of hydrogen-bond acceptors (Lipinski definition) is 3. The summed E-state index contributed by atoms with van der Waals surface area (Å²) in [6, 6.07) is 9.92. The predicted octanol–water partition coefficient (Wildman–Crippen LogP) is 2.48. The molecule has 3 heteroatoms. The molecular formula is C13H16N2O. The van der Waals surface area contributed by atoms with Crippen molar-refractivity contribution in [1.82, 2.24) is 0 Å². The lowest BCUT2D eigenvalue weighted by atomic mass is 10.1. The molecule has 1 fully saturated rings. The number of rotatable bonds is 5. The van der Waals surface area contributed by atoms with Crippen molar-refractivity contribution >= 4 is 5.69 Å². The van der Waals surface area contributed by atoms with E-state index < -0.39 is 0 Å². The lowest BCUT2D eigenvalue weighted by Crippen LogP contribution is -2.09. The van der Waals surface area contributed by atoms with E-state index in [-0.39, 0.29) is 5.41 Å². The maximum atomic E-state index is 8.67. The summed E-state index contributed by atoms with van der Waals surface area (Å²) in [5.41, 5.74) is 7.66. The third-order valence-electron chi connectivity index (χ3n) is 3.07. The van der Waals surface area contributed by atoms with E-state index in [2.05, 4.69) is 6.07 Å². The molecule has 0 heterocycles. The van der Waals surface area contributed by atoms with Gasteiger partial charge in [0.1, 0.15) is 0 Å². The largest absolute Gasteiger partial charge is 0.399 e. The Morgan fingerprint density at radius 1 is 1.31 bits per heavy atom. The third-order valence-corrected chi connectivity index (χ3v) is 3.07. The molecule has 2 N–H and O–H groups in total. The van der Waals surface area contributed by atoms with Gasteiger partial charge in [0.25, 0.3) is 0 Å². The summed E-state index contributed by atoms with van der Waals surface area (Å²) in [7, 11) is 0. The molecule has 1 saturated carbocycles.